The molecule has 2 aliphatic rings. The summed E-state index contributed by atoms with van der Waals surface area (Å²) >= 11 is 0. The van der Waals surface area contributed by atoms with Crippen LogP contribution < -0.4 is 5.73 Å². The molecule has 0 aromatic heterocycles. The maximum Gasteiger partial charge on any atom is 0.226 e. The minimum absolute atomic E-state index is 0. The van der Waals surface area contributed by atoms with Gasteiger partial charge in [-0.25, -0.2) is 8.78 Å². The molecule has 1 aromatic carbocycles. The van der Waals surface area contributed by atoms with Crippen LogP contribution in [-0.2, 0) is 4.79 Å². The molecule has 1 saturated heterocycles. The molecular weight excluding hydrogens is 310 g/mol. The van der Waals surface area contributed by atoms with Gasteiger partial charge in [-0.3, -0.25) is 4.79 Å². The summed E-state index contributed by atoms with van der Waals surface area (Å²) in [5.41, 5.74) is 5.78. The summed E-state index contributed by atoms with van der Waals surface area (Å²) in [6.45, 7) is 3.95. The Bertz CT molecular complexity index is 563. The van der Waals surface area contributed by atoms with Crippen LogP contribution >= 0.6 is 12.4 Å². The molecular formula is C16H21ClF2N2O. The number of halogens is 3. The van der Waals surface area contributed by atoms with E-state index in [1.165, 1.54) is 18.2 Å². The molecule has 1 amide bonds. The van der Waals surface area contributed by atoms with Crippen LogP contribution in [0.1, 0.15) is 31.2 Å². The van der Waals surface area contributed by atoms with Crippen LogP contribution in [0.4, 0.5) is 8.78 Å². The SMILES string of the molecule is CC1(CN)CCN(C(=O)C2CC2c2c(F)cccc2F)C1.Cl. The summed E-state index contributed by atoms with van der Waals surface area (Å²) in [5.74, 6) is -1.69. The summed E-state index contributed by atoms with van der Waals surface area (Å²) < 4.78 is 27.5. The summed E-state index contributed by atoms with van der Waals surface area (Å²) in [7, 11) is 0. The van der Waals surface area contributed by atoms with E-state index in [2.05, 4.69) is 6.92 Å². The molecule has 3 nitrogen and oxygen atoms in total. The van der Waals surface area contributed by atoms with Crippen LogP contribution in [0.2, 0.25) is 0 Å². The number of amides is 1. The van der Waals surface area contributed by atoms with Crippen LogP contribution in [0.15, 0.2) is 18.2 Å². The van der Waals surface area contributed by atoms with Crippen LogP contribution in [0.3, 0.4) is 0 Å². The first kappa shape index (κ1) is 17.2. The van der Waals surface area contributed by atoms with Gasteiger partial charge in [-0.2, -0.15) is 0 Å². The van der Waals surface area contributed by atoms with Crippen molar-refractivity contribution in [3.63, 3.8) is 0 Å². The third kappa shape index (κ3) is 2.97. The lowest BCUT2D eigenvalue weighted by atomic mass is 9.90. The minimum Gasteiger partial charge on any atom is -0.342 e. The largest absolute Gasteiger partial charge is 0.342 e. The van der Waals surface area contributed by atoms with E-state index in [4.69, 9.17) is 5.73 Å². The molecule has 3 rings (SSSR count). The lowest BCUT2D eigenvalue weighted by molar-refractivity contribution is -0.132. The number of rotatable bonds is 3. The molecule has 0 radical (unpaired) electrons. The normalized spacial score (nSPS) is 30.1. The predicted octanol–water partition coefficient (Wildman–Crippen LogP) is 2.69. The van der Waals surface area contributed by atoms with Gasteiger partial charge in [-0.05, 0) is 36.9 Å². The second kappa shape index (κ2) is 6.13. The lowest BCUT2D eigenvalue weighted by Crippen LogP contribution is -2.35. The van der Waals surface area contributed by atoms with Gasteiger partial charge in [0, 0.05) is 30.5 Å². The molecule has 122 valence electrons. The standard InChI is InChI=1S/C16H20F2N2O.ClH/c1-16(8-19)5-6-20(9-16)15(21)11-7-10(11)14-12(17)3-2-4-13(14)18;/h2-4,10-11H,5-9,19H2,1H3;1H. The molecule has 1 aliphatic carbocycles. The van der Waals surface area contributed by atoms with Crippen molar-refractivity contribution in [3.05, 3.63) is 35.4 Å². The van der Waals surface area contributed by atoms with E-state index in [-0.39, 0.29) is 41.1 Å². The zero-order chi connectivity index (χ0) is 15.2. The fraction of sp³-hybridized carbons (Fsp3) is 0.562. The van der Waals surface area contributed by atoms with Crippen LogP contribution in [-0.4, -0.2) is 30.4 Å². The highest BCUT2D eigenvalue weighted by Gasteiger charge is 2.49. The van der Waals surface area contributed by atoms with Crippen molar-refractivity contribution in [1.82, 2.24) is 4.90 Å². The molecule has 1 saturated carbocycles. The number of nitrogens with zero attached hydrogens (tertiary/aromatic N) is 1. The van der Waals surface area contributed by atoms with E-state index in [1.54, 1.807) is 4.90 Å². The zero-order valence-electron chi connectivity index (χ0n) is 12.5. The van der Waals surface area contributed by atoms with Crippen molar-refractivity contribution in [1.29, 1.82) is 0 Å². The number of nitrogens with two attached hydrogens (primary N) is 1. The number of carbonyl (C=O) groups excluding carboxylic acids is 1. The lowest BCUT2D eigenvalue weighted by Gasteiger charge is -2.22. The number of hydrogen-bond acceptors (Lipinski definition) is 2. The maximum absolute atomic E-state index is 13.8. The van der Waals surface area contributed by atoms with Crippen molar-refractivity contribution >= 4 is 18.3 Å². The van der Waals surface area contributed by atoms with Gasteiger partial charge in [0.1, 0.15) is 11.6 Å². The Balaban J connectivity index is 0.00000176. The van der Waals surface area contributed by atoms with Gasteiger partial charge in [-0.15, -0.1) is 12.4 Å². The average molecular weight is 331 g/mol. The van der Waals surface area contributed by atoms with Gasteiger partial charge in [0.05, 0.1) is 0 Å². The van der Waals surface area contributed by atoms with Crippen molar-refractivity contribution < 1.29 is 13.6 Å². The summed E-state index contributed by atoms with van der Waals surface area (Å²) in [6, 6.07) is 3.85. The molecule has 1 aromatic rings. The number of hydrogen-bond donors (Lipinski definition) is 1. The highest BCUT2D eigenvalue weighted by Crippen LogP contribution is 2.50. The molecule has 2 N–H and O–H groups in total. The Morgan fingerprint density at radius 1 is 1.41 bits per heavy atom. The molecule has 6 heteroatoms. The van der Waals surface area contributed by atoms with Crippen molar-refractivity contribution in [3.8, 4) is 0 Å². The van der Waals surface area contributed by atoms with Crippen molar-refractivity contribution in [2.75, 3.05) is 19.6 Å². The predicted molar refractivity (Wildman–Crippen MR) is 82.8 cm³/mol. The third-order valence-electron chi connectivity index (χ3n) is 4.84. The smallest absolute Gasteiger partial charge is 0.226 e. The first-order chi connectivity index (χ1) is 9.95. The van der Waals surface area contributed by atoms with Crippen molar-refractivity contribution in [2.24, 2.45) is 17.1 Å². The van der Waals surface area contributed by atoms with Gasteiger partial charge in [0.15, 0.2) is 0 Å². The summed E-state index contributed by atoms with van der Waals surface area (Å²) in [5, 5.41) is 0. The monoisotopic (exact) mass is 330 g/mol. The fourth-order valence-corrected chi connectivity index (χ4v) is 3.26. The van der Waals surface area contributed by atoms with E-state index >= 15 is 0 Å². The Labute approximate surface area is 135 Å². The number of likely N-dealkylation sites (tertiary alicyclic amines) is 1. The third-order valence-corrected chi connectivity index (χ3v) is 4.84. The Morgan fingerprint density at radius 3 is 2.59 bits per heavy atom. The average Bonchev–Trinajstić information content (AvgIpc) is 3.13. The Kier molecular flexibility index (Phi) is 4.78. The number of benzene rings is 1. The second-order valence-corrected chi connectivity index (χ2v) is 6.61. The number of carbonyl (C=O) groups is 1. The summed E-state index contributed by atoms with van der Waals surface area (Å²) in [6.07, 6.45) is 1.42. The first-order valence-electron chi connectivity index (χ1n) is 7.38. The molecule has 0 bridgehead atoms. The van der Waals surface area contributed by atoms with E-state index in [9.17, 15) is 13.6 Å². The van der Waals surface area contributed by atoms with Gasteiger partial charge >= 0.3 is 0 Å². The van der Waals surface area contributed by atoms with Gasteiger partial charge in [0.25, 0.3) is 0 Å². The molecule has 1 aliphatic heterocycles. The fourth-order valence-electron chi connectivity index (χ4n) is 3.26. The quantitative estimate of drug-likeness (QED) is 0.926. The van der Waals surface area contributed by atoms with Crippen molar-refractivity contribution in [2.45, 2.75) is 25.7 Å². The van der Waals surface area contributed by atoms with E-state index < -0.39 is 11.6 Å². The highest BCUT2D eigenvalue weighted by molar-refractivity contribution is 5.85. The summed E-state index contributed by atoms with van der Waals surface area (Å²) in [4.78, 5) is 14.3. The maximum atomic E-state index is 13.8. The molecule has 3 unspecified atom stereocenters. The minimum atomic E-state index is -0.552. The second-order valence-electron chi connectivity index (χ2n) is 6.61. The molecule has 0 spiro atoms. The molecule has 22 heavy (non-hydrogen) atoms. The van der Waals surface area contributed by atoms with E-state index in [0.29, 0.717) is 26.1 Å². The van der Waals surface area contributed by atoms with Gasteiger partial charge in [-0.1, -0.05) is 13.0 Å². The van der Waals surface area contributed by atoms with E-state index in [1.807, 2.05) is 0 Å². The van der Waals surface area contributed by atoms with Gasteiger partial charge < -0.3 is 10.6 Å². The topological polar surface area (TPSA) is 46.3 Å². The molecule has 1 heterocycles. The van der Waals surface area contributed by atoms with E-state index in [0.717, 1.165) is 6.42 Å². The molecule has 3 atom stereocenters. The zero-order valence-corrected chi connectivity index (χ0v) is 13.3. The highest BCUT2D eigenvalue weighted by atomic mass is 35.5. The molecule has 2 fully saturated rings. The van der Waals surface area contributed by atoms with Crippen LogP contribution in [0.25, 0.3) is 0 Å². The Morgan fingerprint density at radius 2 is 2.05 bits per heavy atom. The first-order valence-corrected chi connectivity index (χ1v) is 7.38. The van der Waals surface area contributed by atoms with Crippen LogP contribution in [0.5, 0.6) is 0 Å². The van der Waals surface area contributed by atoms with Crippen LogP contribution in [0, 0.1) is 23.0 Å². The Hall–Kier alpha value is -1.20. The van der Waals surface area contributed by atoms with Gasteiger partial charge in [0.2, 0.25) is 5.91 Å².